The van der Waals surface area contributed by atoms with E-state index in [9.17, 15) is 19.8 Å². The predicted molar refractivity (Wildman–Crippen MR) is 297 cm³/mol. The number of carbonyl (C=O) groups excluding carboxylic acids is 2. The number of nitrogens with one attached hydrogen (secondary N) is 1. The van der Waals surface area contributed by atoms with Gasteiger partial charge in [-0.1, -0.05) is 315 Å². The maximum absolute atomic E-state index is 12.5. The standard InChI is InChI=1S/C62H121NO5/c1-3-5-7-9-11-13-15-17-18-19-24-27-31-34-38-42-46-50-54-60(65)59(58-64)63-61(66)55-51-47-43-39-35-32-28-25-22-20-21-23-26-29-33-37-41-45-49-53-57-68-62(67)56-52-48-44-40-36-30-16-14-12-10-8-6-4-2/h50,54,59-60,64-65H,3-49,51-53,55-58H2,1-2H3,(H,63,66)/b54-50+. The van der Waals surface area contributed by atoms with Gasteiger partial charge in [-0.2, -0.15) is 0 Å². The van der Waals surface area contributed by atoms with E-state index in [1.165, 1.54) is 283 Å². The molecule has 0 heterocycles. The zero-order valence-corrected chi connectivity index (χ0v) is 46.1. The summed E-state index contributed by atoms with van der Waals surface area (Å²) in [7, 11) is 0. The third kappa shape index (κ3) is 53.9. The minimum atomic E-state index is -0.845. The third-order valence-electron chi connectivity index (χ3n) is 14.6. The molecule has 0 saturated heterocycles. The van der Waals surface area contributed by atoms with E-state index in [1.807, 2.05) is 6.08 Å². The Bertz CT molecular complexity index is 1020. The van der Waals surface area contributed by atoms with E-state index in [-0.39, 0.29) is 18.5 Å². The molecular weight excluding hydrogens is 839 g/mol. The van der Waals surface area contributed by atoms with Crippen molar-refractivity contribution in [1.29, 1.82) is 0 Å². The number of unbranched alkanes of at least 4 members (excludes halogenated alkanes) is 47. The van der Waals surface area contributed by atoms with E-state index < -0.39 is 12.1 Å². The van der Waals surface area contributed by atoms with Crippen LogP contribution in [0.2, 0.25) is 0 Å². The molecule has 68 heavy (non-hydrogen) atoms. The van der Waals surface area contributed by atoms with Crippen molar-refractivity contribution in [2.45, 2.75) is 360 Å². The van der Waals surface area contributed by atoms with E-state index >= 15 is 0 Å². The molecule has 2 unspecified atom stereocenters. The van der Waals surface area contributed by atoms with Crippen LogP contribution in [0.25, 0.3) is 0 Å². The van der Waals surface area contributed by atoms with Gasteiger partial charge in [0.2, 0.25) is 5.91 Å². The number of amides is 1. The first kappa shape index (κ1) is 66.6. The van der Waals surface area contributed by atoms with Gasteiger partial charge in [0.25, 0.3) is 0 Å². The molecule has 0 aliphatic heterocycles. The monoisotopic (exact) mass is 960 g/mol. The first-order valence-corrected chi connectivity index (χ1v) is 31.0. The molecule has 0 spiro atoms. The zero-order chi connectivity index (χ0) is 49.3. The normalized spacial score (nSPS) is 12.6. The lowest BCUT2D eigenvalue weighted by molar-refractivity contribution is -0.143. The van der Waals surface area contributed by atoms with Gasteiger partial charge in [0.1, 0.15) is 0 Å². The second-order valence-electron chi connectivity index (χ2n) is 21.4. The summed E-state index contributed by atoms with van der Waals surface area (Å²) in [6.07, 6.45) is 69.6. The summed E-state index contributed by atoms with van der Waals surface area (Å²) in [5.41, 5.74) is 0. The molecule has 3 N–H and O–H groups in total. The van der Waals surface area contributed by atoms with Crippen LogP contribution >= 0.6 is 0 Å². The number of esters is 1. The van der Waals surface area contributed by atoms with Crippen LogP contribution in [0.1, 0.15) is 348 Å². The Kier molecular flexibility index (Phi) is 57.0. The second-order valence-corrected chi connectivity index (χ2v) is 21.4. The van der Waals surface area contributed by atoms with Crippen LogP contribution in [0, 0.1) is 0 Å². The number of carbonyl (C=O) groups is 2. The number of hydrogen-bond acceptors (Lipinski definition) is 5. The van der Waals surface area contributed by atoms with E-state index in [1.54, 1.807) is 6.08 Å². The fourth-order valence-corrected chi connectivity index (χ4v) is 9.81. The molecule has 2 atom stereocenters. The van der Waals surface area contributed by atoms with Crippen LogP contribution in [0.4, 0.5) is 0 Å². The molecule has 0 bridgehead atoms. The van der Waals surface area contributed by atoms with Crippen molar-refractivity contribution in [3.63, 3.8) is 0 Å². The Morgan fingerprint density at radius 3 is 1.00 bits per heavy atom. The average Bonchev–Trinajstić information content (AvgIpc) is 3.34. The van der Waals surface area contributed by atoms with Gasteiger partial charge >= 0.3 is 5.97 Å². The maximum Gasteiger partial charge on any atom is 0.305 e. The summed E-state index contributed by atoms with van der Waals surface area (Å²) in [5.74, 6) is -0.0544. The largest absolute Gasteiger partial charge is 0.466 e. The number of rotatable bonds is 58. The van der Waals surface area contributed by atoms with Crippen molar-refractivity contribution in [3.05, 3.63) is 12.2 Å². The molecular formula is C62H121NO5. The lowest BCUT2D eigenvalue weighted by Gasteiger charge is -2.20. The topological polar surface area (TPSA) is 95.9 Å². The molecule has 1 amide bonds. The summed E-state index contributed by atoms with van der Waals surface area (Å²) in [6, 6.07) is -0.629. The fraction of sp³-hybridized carbons (Fsp3) is 0.935. The van der Waals surface area contributed by atoms with Crippen LogP contribution in [-0.4, -0.2) is 47.4 Å². The molecule has 0 radical (unpaired) electrons. The molecule has 0 fully saturated rings. The van der Waals surface area contributed by atoms with E-state index in [4.69, 9.17) is 4.74 Å². The first-order chi connectivity index (χ1) is 33.5. The molecule has 0 aliphatic carbocycles. The highest BCUT2D eigenvalue weighted by molar-refractivity contribution is 5.76. The summed E-state index contributed by atoms with van der Waals surface area (Å²) in [6.45, 7) is 4.93. The van der Waals surface area contributed by atoms with Gasteiger partial charge in [-0.3, -0.25) is 9.59 Å². The van der Waals surface area contributed by atoms with E-state index in [0.29, 0.717) is 19.4 Å². The highest BCUT2D eigenvalue weighted by Crippen LogP contribution is 2.18. The highest BCUT2D eigenvalue weighted by atomic mass is 16.5. The molecule has 6 nitrogen and oxygen atoms in total. The van der Waals surface area contributed by atoms with Crippen LogP contribution < -0.4 is 5.32 Å². The number of ether oxygens (including phenoxy) is 1. The summed E-state index contributed by atoms with van der Waals surface area (Å²) in [5, 5.41) is 23.2. The smallest absolute Gasteiger partial charge is 0.305 e. The average molecular weight is 961 g/mol. The van der Waals surface area contributed by atoms with Gasteiger partial charge < -0.3 is 20.3 Å². The van der Waals surface area contributed by atoms with Gasteiger partial charge in [-0.05, 0) is 32.1 Å². The maximum atomic E-state index is 12.5. The van der Waals surface area contributed by atoms with E-state index in [0.717, 1.165) is 38.5 Å². The fourth-order valence-electron chi connectivity index (χ4n) is 9.81. The molecule has 404 valence electrons. The number of aliphatic hydroxyl groups excluding tert-OH is 2. The van der Waals surface area contributed by atoms with Crippen LogP contribution in [0.5, 0.6) is 0 Å². The predicted octanol–water partition coefficient (Wildman–Crippen LogP) is 19.2. The Morgan fingerprint density at radius 2 is 0.676 bits per heavy atom. The van der Waals surface area contributed by atoms with Gasteiger partial charge in [0, 0.05) is 12.8 Å². The first-order valence-electron chi connectivity index (χ1n) is 31.0. The highest BCUT2D eigenvalue weighted by Gasteiger charge is 2.18. The van der Waals surface area contributed by atoms with Crippen molar-refractivity contribution in [2.24, 2.45) is 0 Å². The second kappa shape index (κ2) is 58.2. The quantitative estimate of drug-likeness (QED) is 0.0321. The van der Waals surface area contributed by atoms with Gasteiger partial charge in [-0.15, -0.1) is 0 Å². The SMILES string of the molecule is CCCCCCCCCCCCCCCCCC/C=C/C(O)C(CO)NC(=O)CCCCCCCCCCCCCCCCCCCCCCOC(=O)CCCCCCCCCCCCCCC. The van der Waals surface area contributed by atoms with Crippen LogP contribution in [0.3, 0.4) is 0 Å². The lowest BCUT2D eigenvalue weighted by atomic mass is 10.0. The van der Waals surface area contributed by atoms with Crippen molar-refractivity contribution < 1.29 is 24.5 Å². The van der Waals surface area contributed by atoms with Crippen LogP contribution in [-0.2, 0) is 14.3 Å². The minimum absolute atomic E-state index is 0.0122. The summed E-state index contributed by atoms with van der Waals surface area (Å²) in [4.78, 5) is 24.5. The van der Waals surface area contributed by atoms with Gasteiger partial charge in [0.15, 0.2) is 0 Å². The third-order valence-corrected chi connectivity index (χ3v) is 14.6. The Morgan fingerprint density at radius 1 is 0.397 bits per heavy atom. The zero-order valence-electron chi connectivity index (χ0n) is 46.1. The number of allylic oxidation sites excluding steroid dienone is 1. The van der Waals surface area contributed by atoms with Crippen molar-refractivity contribution in [2.75, 3.05) is 13.2 Å². The summed E-state index contributed by atoms with van der Waals surface area (Å²) >= 11 is 0. The molecule has 0 aromatic heterocycles. The molecule has 6 heteroatoms. The van der Waals surface area contributed by atoms with Crippen molar-refractivity contribution >= 4 is 11.9 Å². The number of hydrogen-bond donors (Lipinski definition) is 3. The summed E-state index contributed by atoms with van der Waals surface area (Å²) < 4.78 is 5.48. The Balaban J connectivity index is 3.41. The molecule has 0 aromatic rings. The Hall–Kier alpha value is -1.40. The Labute approximate surface area is 425 Å². The number of aliphatic hydroxyl groups is 2. The van der Waals surface area contributed by atoms with Crippen LogP contribution in [0.15, 0.2) is 12.2 Å². The molecule has 0 saturated carbocycles. The van der Waals surface area contributed by atoms with Gasteiger partial charge in [0.05, 0.1) is 25.4 Å². The minimum Gasteiger partial charge on any atom is -0.466 e. The molecule has 0 aliphatic rings. The van der Waals surface area contributed by atoms with Crippen molar-refractivity contribution in [3.8, 4) is 0 Å². The molecule has 0 aromatic carbocycles. The van der Waals surface area contributed by atoms with Gasteiger partial charge in [-0.25, -0.2) is 0 Å². The molecule has 0 rings (SSSR count). The lowest BCUT2D eigenvalue weighted by Crippen LogP contribution is -2.45. The van der Waals surface area contributed by atoms with E-state index in [2.05, 4.69) is 19.2 Å². The van der Waals surface area contributed by atoms with Crippen molar-refractivity contribution in [1.82, 2.24) is 5.32 Å².